The lowest BCUT2D eigenvalue weighted by molar-refractivity contribution is -0.158. The summed E-state index contributed by atoms with van der Waals surface area (Å²) in [4.78, 5) is 36.4. The molecule has 0 aromatic carbocycles. The standard InChI is InChI=1S/C15H20O4/c1-2-19-15(18)14(17)12-10-4-8-3-9(5-10)7-11(6-8)13(12)16/h8-12H,2-7H2,1H3. The molecule has 4 rings (SSSR count). The van der Waals surface area contributed by atoms with Crippen molar-refractivity contribution in [3.63, 3.8) is 0 Å². The first-order chi connectivity index (χ1) is 9.10. The van der Waals surface area contributed by atoms with E-state index in [0.29, 0.717) is 11.8 Å². The summed E-state index contributed by atoms with van der Waals surface area (Å²) in [5, 5.41) is 0. The van der Waals surface area contributed by atoms with Crippen molar-refractivity contribution in [2.45, 2.75) is 39.0 Å². The van der Waals surface area contributed by atoms with Crippen LogP contribution in [0.15, 0.2) is 0 Å². The average Bonchev–Trinajstić information content (AvgIpc) is 2.51. The van der Waals surface area contributed by atoms with Crippen molar-refractivity contribution in [1.82, 2.24) is 0 Å². The second kappa shape index (κ2) is 4.73. The maximum absolute atomic E-state index is 12.5. The SMILES string of the molecule is CCOC(=O)C(=O)C1C(=O)C2CC3CC(C2)CC1C3. The van der Waals surface area contributed by atoms with Gasteiger partial charge in [0.1, 0.15) is 5.78 Å². The minimum absolute atomic E-state index is 0.0135. The molecular weight excluding hydrogens is 244 g/mol. The van der Waals surface area contributed by atoms with Crippen LogP contribution in [0.1, 0.15) is 39.0 Å². The molecule has 104 valence electrons. The van der Waals surface area contributed by atoms with E-state index in [1.54, 1.807) is 6.92 Å². The highest BCUT2D eigenvalue weighted by molar-refractivity contribution is 6.38. The third-order valence-corrected chi connectivity index (χ3v) is 5.11. The maximum atomic E-state index is 12.5. The van der Waals surface area contributed by atoms with Gasteiger partial charge in [0.05, 0.1) is 12.5 Å². The topological polar surface area (TPSA) is 60.4 Å². The predicted molar refractivity (Wildman–Crippen MR) is 67.2 cm³/mol. The highest BCUT2D eigenvalue weighted by Crippen LogP contribution is 2.52. The van der Waals surface area contributed by atoms with Crippen LogP contribution >= 0.6 is 0 Å². The quantitative estimate of drug-likeness (QED) is 0.443. The monoisotopic (exact) mass is 264 g/mol. The van der Waals surface area contributed by atoms with Gasteiger partial charge in [-0.3, -0.25) is 9.59 Å². The van der Waals surface area contributed by atoms with Gasteiger partial charge < -0.3 is 4.74 Å². The van der Waals surface area contributed by atoms with Crippen LogP contribution in [0.2, 0.25) is 0 Å². The minimum Gasteiger partial charge on any atom is -0.460 e. The predicted octanol–water partition coefficient (Wildman–Crippen LogP) is 1.76. The molecule has 0 N–H and O–H groups in total. The molecule has 4 aliphatic carbocycles. The number of ether oxygens (including phenoxy) is 1. The van der Waals surface area contributed by atoms with Gasteiger partial charge in [-0.25, -0.2) is 4.79 Å². The maximum Gasteiger partial charge on any atom is 0.375 e. The largest absolute Gasteiger partial charge is 0.460 e. The summed E-state index contributed by atoms with van der Waals surface area (Å²) in [6, 6.07) is 0. The van der Waals surface area contributed by atoms with E-state index in [-0.39, 0.29) is 24.2 Å². The Kier molecular flexibility index (Phi) is 3.19. The van der Waals surface area contributed by atoms with Gasteiger partial charge in [-0.1, -0.05) is 0 Å². The summed E-state index contributed by atoms with van der Waals surface area (Å²) >= 11 is 0. The lowest BCUT2D eigenvalue weighted by Crippen LogP contribution is -2.37. The fourth-order valence-electron chi connectivity index (χ4n) is 4.57. The van der Waals surface area contributed by atoms with E-state index in [4.69, 9.17) is 4.74 Å². The van der Waals surface area contributed by atoms with E-state index >= 15 is 0 Å². The fraction of sp³-hybridized carbons (Fsp3) is 0.800. The molecule has 0 saturated heterocycles. The van der Waals surface area contributed by atoms with Crippen molar-refractivity contribution < 1.29 is 19.1 Å². The summed E-state index contributed by atoms with van der Waals surface area (Å²) in [6.45, 7) is 1.86. The molecule has 0 aromatic rings. The number of esters is 1. The molecular formula is C15H20O4. The van der Waals surface area contributed by atoms with E-state index in [0.717, 1.165) is 25.7 Å². The van der Waals surface area contributed by atoms with Crippen LogP contribution < -0.4 is 0 Å². The molecule has 0 aromatic heterocycles. The van der Waals surface area contributed by atoms with Crippen molar-refractivity contribution in [2.24, 2.45) is 29.6 Å². The first-order valence-corrected chi connectivity index (χ1v) is 7.34. The molecule has 4 heteroatoms. The highest BCUT2D eigenvalue weighted by atomic mass is 16.5. The van der Waals surface area contributed by atoms with Crippen molar-refractivity contribution >= 4 is 17.5 Å². The normalized spacial score (nSPS) is 40.1. The Balaban J connectivity index is 1.86. The van der Waals surface area contributed by atoms with Gasteiger partial charge in [-0.15, -0.1) is 0 Å². The Labute approximate surface area is 112 Å². The second-order valence-electron chi connectivity index (χ2n) is 6.33. The minimum atomic E-state index is -0.818. The van der Waals surface area contributed by atoms with Crippen LogP contribution in [0.5, 0.6) is 0 Å². The molecule has 0 radical (unpaired) electrons. The number of hydrogen-bond donors (Lipinski definition) is 0. The molecule has 4 saturated carbocycles. The fourth-order valence-corrected chi connectivity index (χ4v) is 4.57. The Morgan fingerprint density at radius 1 is 1.11 bits per heavy atom. The number of Topliss-reactive ketones (excluding diaryl/α,β-unsaturated/α-hetero) is 2. The van der Waals surface area contributed by atoms with Crippen molar-refractivity contribution in [2.75, 3.05) is 6.61 Å². The second-order valence-corrected chi connectivity index (χ2v) is 6.33. The third-order valence-electron chi connectivity index (χ3n) is 5.11. The van der Waals surface area contributed by atoms with E-state index in [2.05, 4.69) is 0 Å². The van der Waals surface area contributed by atoms with Gasteiger partial charge in [-0.05, 0) is 56.8 Å². The zero-order valence-electron chi connectivity index (χ0n) is 11.3. The number of carbonyl (C=O) groups excluding carboxylic acids is 3. The van der Waals surface area contributed by atoms with Crippen molar-refractivity contribution in [3.8, 4) is 0 Å². The molecule has 4 bridgehead atoms. The molecule has 19 heavy (non-hydrogen) atoms. The van der Waals surface area contributed by atoms with Gasteiger partial charge in [0, 0.05) is 5.92 Å². The first-order valence-electron chi connectivity index (χ1n) is 7.34. The molecule has 0 amide bonds. The van der Waals surface area contributed by atoms with Gasteiger partial charge >= 0.3 is 5.97 Å². The van der Waals surface area contributed by atoms with Crippen LogP contribution in [0.25, 0.3) is 0 Å². The zero-order chi connectivity index (χ0) is 13.6. The number of hydrogen-bond acceptors (Lipinski definition) is 4. The van der Waals surface area contributed by atoms with Crippen molar-refractivity contribution in [1.29, 1.82) is 0 Å². The average molecular weight is 264 g/mol. The number of rotatable bonds is 3. The lowest BCUT2D eigenvalue weighted by Gasteiger charge is -2.38. The third kappa shape index (κ3) is 2.11. The Morgan fingerprint density at radius 2 is 1.74 bits per heavy atom. The zero-order valence-corrected chi connectivity index (χ0v) is 11.3. The van der Waals surface area contributed by atoms with Crippen LogP contribution in [-0.4, -0.2) is 24.1 Å². The van der Waals surface area contributed by atoms with Gasteiger partial charge in [0.25, 0.3) is 5.78 Å². The van der Waals surface area contributed by atoms with Gasteiger partial charge in [0.2, 0.25) is 0 Å². The summed E-state index contributed by atoms with van der Waals surface area (Å²) in [6.07, 6.45) is 4.95. The molecule has 0 spiro atoms. The van der Waals surface area contributed by atoms with Crippen LogP contribution in [0.4, 0.5) is 0 Å². The number of fused-ring (bicyclic) bond motifs is 1. The number of ketones is 2. The first kappa shape index (κ1) is 12.8. The Bertz CT molecular complexity index is 414. The van der Waals surface area contributed by atoms with Crippen LogP contribution in [-0.2, 0) is 19.1 Å². The lowest BCUT2D eigenvalue weighted by atomic mass is 9.67. The molecule has 0 aliphatic heterocycles. The molecule has 0 heterocycles. The molecule has 3 unspecified atom stereocenters. The highest BCUT2D eigenvalue weighted by Gasteiger charge is 2.51. The molecule has 3 atom stereocenters. The van der Waals surface area contributed by atoms with E-state index in [1.165, 1.54) is 6.42 Å². The molecule has 4 nitrogen and oxygen atoms in total. The summed E-state index contributed by atoms with van der Waals surface area (Å²) in [5.74, 6) is -0.822. The Morgan fingerprint density at radius 3 is 2.32 bits per heavy atom. The summed E-state index contributed by atoms with van der Waals surface area (Å²) in [5.41, 5.74) is 0. The van der Waals surface area contributed by atoms with Crippen molar-refractivity contribution in [3.05, 3.63) is 0 Å². The summed E-state index contributed by atoms with van der Waals surface area (Å²) in [7, 11) is 0. The van der Waals surface area contributed by atoms with E-state index < -0.39 is 17.7 Å². The summed E-state index contributed by atoms with van der Waals surface area (Å²) < 4.78 is 4.79. The van der Waals surface area contributed by atoms with E-state index in [1.807, 2.05) is 0 Å². The number of carbonyl (C=O) groups is 3. The van der Waals surface area contributed by atoms with E-state index in [9.17, 15) is 14.4 Å². The molecule has 4 aliphatic rings. The molecule has 4 fully saturated rings. The van der Waals surface area contributed by atoms with Crippen LogP contribution in [0.3, 0.4) is 0 Å². The Hall–Kier alpha value is -1.19. The van der Waals surface area contributed by atoms with Gasteiger partial charge in [0.15, 0.2) is 0 Å². The smallest absolute Gasteiger partial charge is 0.375 e. The van der Waals surface area contributed by atoms with Gasteiger partial charge in [-0.2, -0.15) is 0 Å². The van der Waals surface area contributed by atoms with Crippen LogP contribution in [0, 0.1) is 29.6 Å².